The normalized spacial score (nSPS) is 14.9. The van der Waals surface area contributed by atoms with Crippen LogP contribution in [0.3, 0.4) is 0 Å². The first kappa shape index (κ1) is 18.0. The number of morpholine rings is 1. The molecule has 1 heterocycles. The molecule has 1 saturated heterocycles. The molecule has 0 unspecified atom stereocenters. The van der Waals surface area contributed by atoms with Crippen LogP contribution in [0.4, 0.5) is 0 Å². The number of phenols is 1. The summed E-state index contributed by atoms with van der Waals surface area (Å²) in [6.45, 7) is 6.96. The number of aromatic hydroxyl groups is 1. The zero-order valence-electron chi connectivity index (χ0n) is 11.6. The number of nitrogens with zero attached hydrogens (tertiary/aromatic N) is 2. The fourth-order valence-electron chi connectivity index (χ4n) is 1.90. The Morgan fingerprint density at radius 3 is 2.50 bits per heavy atom. The molecule has 20 heavy (non-hydrogen) atoms. The number of benzene rings is 1. The van der Waals surface area contributed by atoms with Crippen molar-refractivity contribution in [3.05, 3.63) is 28.8 Å². The number of aryl methyl sites for hydroxylation is 2. The Morgan fingerprint density at radius 2 is 1.90 bits per heavy atom. The third kappa shape index (κ3) is 6.13. The van der Waals surface area contributed by atoms with Gasteiger partial charge in [-0.3, -0.25) is 5.01 Å². The van der Waals surface area contributed by atoms with Gasteiger partial charge in [0.1, 0.15) is 5.75 Å². The van der Waals surface area contributed by atoms with Crippen molar-refractivity contribution >= 4 is 23.2 Å². The van der Waals surface area contributed by atoms with Crippen molar-refractivity contribution in [2.45, 2.75) is 13.8 Å². The Kier molecular flexibility index (Phi) is 8.78. The van der Waals surface area contributed by atoms with Crippen LogP contribution in [0.25, 0.3) is 0 Å². The average Bonchev–Trinajstić information content (AvgIpc) is 2.43. The van der Waals surface area contributed by atoms with Gasteiger partial charge in [0, 0.05) is 5.56 Å². The van der Waals surface area contributed by atoms with E-state index in [0.29, 0.717) is 5.75 Å². The SMILES string of the molecule is Cc1cc(C)c(O)c(/C=N/N2CCOCC2)c1.[Cl][Zr][Cl]. The third-order valence-corrected chi connectivity index (χ3v) is 2.82. The summed E-state index contributed by atoms with van der Waals surface area (Å²) in [5.74, 6) is 0.313. The van der Waals surface area contributed by atoms with E-state index in [-0.39, 0.29) is 0 Å². The van der Waals surface area contributed by atoms with E-state index in [0.717, 1.165) is 43.0 Å². The Bertz CT molecular complexity index is 452. The van der Waals surface area contributed by atoms with E-state index in [2.05, 4.69) is 5.10 Å². The van der Waals surface area contributed by atoms with E-state index >= 15 is 0 Å². The first-order chi connectivity index (χ1) is 9.58. The maximum absolute atomic E-state index is 9.92. The van der Waals surface area contributed by atoms with Gasteiger partial charge >= 0.3 is 37.9 Å². The van der Waals surface area contributed by atoms with E-state index in [1.807, 2.05) is 31.0 Å². The van der Waals surface area contributed by atoms with E-state index in [9.17, 15) is 5.11 Å². The number of rotatable bonds is 2. The molecule has 1 aliphatic rings. The zero-order valence-corrected chi connectivity index (χ0v) is 15.5. The van der Waals surface area contributed by atoms with Gasteiger partial charge in [-0.15, -0.1) is 0 Å². The molecule has 1 aliphatic heterocycles. The summed E-state index contributed by atoms with van der Waals surface area (Å²) in [5.41, 5.74) is 2.78. The summed E-state index contributed by atoms with van der Waals surface area (Å²) in [4.78, 5) is 0. The van der Waals surface area contributed by atoms with Gasteiger partial charge in [0.2, 0.25) is 0 Å². The summed E-state index contributed by atoms with van der Waals surface area (Å²) in [7, 11) is 9.87. The Balaban J connectivity index is 0.000000612. The monoisotopic (exact) mass is 394 g/mol. The number of hydrogen-bond acceptors (Lipinski definition) is 4. The quantitative estimate of drug-likeness (QED) is 0.782. The molecular weight excluding hydrogens is 378 g/mol. The zero-order chi connectivity index (χ0) is 15.0. The van der Waals surface area contributed by atoms with Crippen LogP contribution < -0.4 is 0 Å². The molecule has 0 spiro atoms. The van der Waals surface area contributed by atoms with Gasteiger partial charge in [0.05, 0.1) is 32.5 Å². The van der Waals surface area contributed by atoms with Crippen molar-refractivity contribution in [1.29, 1.82) is 0 Å². The number of hydrazone groups is 1. The Morgan fingerprint density at radius 1 is 1.30 bits per heavy atom. The van der Waals surface area contributed by atoms with E-state index in [1.54, 1.807) is 6.21 Å². The fraction of sp³-hybridized carbons (Fsp3) is 0.462. The van der Waals surface area contributed by atoms with E-state index in [1.165, 1.54) is 0 Å². The van der Waals surface area contributed by atoms with E-state index < -0.39 is 20.8 Å². The average molecular weight is 396 g/mol. The molecule has 2 rings (SSSR count). The van der Waals surface area contributed by atoms with Crippen molar-refractivity contribution in [2.24, 2.45) is 5.10 Å². The standard InChI is InChI=1S/C13H18N2O2.2ClH.Zr/c1-10-7-11(2)13(16)12(8-10)9-14-15-3-5-17-6-4-15;;;/h7-9,16H,3-6H2,1-2H3;2*1H;/q;;;+2/p-2/b14-9+;;;. The fourth-order valence-corrected chi connectivity index (χ4v) is 1.90. The van der Waals surface area contributed by atoms with Gasteiger partial charge in [-0.1, -0.05) is 6.07 Å². The molecule has 7 heteroatoms. The maximum atomic E-state index is 9.92. The van der Waals surface area contributed by atoms with Crippen LogP contribution in [-0.4, -0.2) is 42.6 Å². The summed E-state index contributed by atoms with van der Waals surface area (Å²) < 4.78 is 5.25. The number of halogens is 2. The predicted octanol–water partition coefficient (Wildman–Crippen LogP) is 3.05. The molecule has 0 radical (unpaired) electrons. The topological polar surface area (TPSA) is 45.1 Å². The van der Waals surface area contributed by atoms with Crippen molar-refractivity contribution in [2.75, 3.05) is 26.3 Å². The number of ether oxygens (including phenoxy) is 1. The molecule has 110 valence electrons. The van der Waals surface area contributed by atoms with Crippen LogP contribution in [0.2, 0.25) is 0 Å². The van der Waals surface area contributed by atoms with E-state index in [4.69, 9.17) is 21.8 Å². The van der Waals surface area contributed by atoms with Crippen LogP contribution in [-0.2, 0) is 25.6 Å². The minimum absolute atomic E-state index is 0.313. The molecule has 0 atom stereocenters. The summed E-state index contributed by atoms with van der Waals surface area (Å²) in [6, 6.07) is 3.90. The van der Waals surface area contributed by atoms with Gasteiger partial charge in [-0.25, -0.2) is 0 Å². The van der Waals surface area contributed by atoms with Crippen molar-refractivity contribution < 1.29 is 30.7 Å². The van der Waals surface area contributed by atoms with Gasteiger partial charge < -0.3 is 9.84 Å². The first-order valence-corrected chi connectivity index (χ1v) is 12.5. The van der Waals surface area contributed by atoms with Crippen LogP contribution in [0.1, 0.15) is 16.7 Å². The molecule has 0 aromatic heterocycles. The van der Waals surface area contributed by atoms with Crippen molar-refractivity contribution in [3.8, 4) is 5.75 Å². The van der Waals surface area contributed by atoms with Crippen LogP contribution >= 0.6 is 17.0 Å². The Labute approximate surface area is 138 Å². The molecule has 1 aromatic rings. The molecule has 1 aromatic carbocycles. The summed E-state index contributed by atoms with van der Waals surface area (Å²) >= 11 is -0.826. The molecule has 4 nitrogen and oxygen atoms in total. The Hall–Kier alpha value is -0.0869. The van der Waals surface area contributed by atoms with Gasteiger partial charge in [0.25, 0.3) is 0 Å². The number of hydrogen-bond donors (Lipinski definition) is 1. The second-order valence-corrected chi connectivity index (χ2v) is 8.13. The summed E-state index contributed by atoms with van der Waals surface area (Å²) in [6.07, 6.45) is 1.72. The molecule has 0 amide bonds. The van der Waals surface area contributed by atoms with Gasteiger partial charge in [-0.05, 0) is 31.0 Å². The molecule has 1 N–H and O–H groups in total. The molecular formula is C13H18Cl2N2O2Zr. The molecule has 1 fully saturated rings. The van der Waals surface area contributed by atoms with Gasteiger partial charge in [-0.2, -0.15) is 5.10 Å². The molecule has 0 aliphatic carbocycles. The second-order valence-electron chi connectivity index (χ2n) is 4.40. The second kappa shape index (κ2) is 9.78. The molecule has 0 bridgehead atoms. The minimum atomic E-state index is -0.826. The number of phenolic OH excluding ortho intramolecular Hbond substituents is 1. The predicted molar refractivity (Wildman–Crippen MR) is 79.3 cm³/mol. The van der Waals surface area contributed by atoms with Crippen LogP contribution in [0.5, 0.6) is 5.75 Å². The summed E-state index contributed by atoms with van der Waals surface area (Å²) in [5, 5.41) is 16.2. The molecule has 0 saturated carbocycles. The van der Waals surface area contributed by atoms with Gasteiger partial charge in [0.15, 0.2) is 0 Å². The van der Waals surface area contributed by atoms with Crippen molar-refractivity contribution in [1.82, 2.24) is 5.01 Å². The first-order valence-electron chi connectivity index (χ1n) is 6.21. The third-order valence-electron chi connectivity index (χ3n) is 2.82. The van der Waals surface area contributed by atoms with Crippen molar-refractivity contribution in [3.63, 3.8) is 0 Å². The van der Waals surface area contributed by atoms with Crippen LogP contribution in [0, 0.1) is 13.8 Å². The van der Waals surface area contributed by atoms with Crippen LogP contribution in [0.15, 0.2) is 17.2 Å².